The van der Waals surface area contributed by atoms with E-state index < -0.39 is 23.0 Å². The Balaban J connectivity index is 1.40. The zero-order chi connectivity index (χ0) is 28.6. The van der Waals surface area contributed by atoms with Gasteiger partial charge < -0.3 is 20.1 Å². The molecule has 214 valence electrons. The van der Waals surface area contributed by atoms with Crippen LogP contribution in [0.2, 0.25) is 0 Å². The maximum Gasteiger partial charge on any atom is 0.410 e. The number of carbonyl (C=O) groups is 3. The normalized spacial score (nSPS) is 19.3. The zero-order valence-electron chi connectivity index (χ0n) is 22.3. The van der Waals surface area contributed by atoms with Crippen LogP contribution in [0, 0.1) is 10.1 Å². The lowest BCUT2D eigenvalue weighted by atomic mass is 10.1. The van der Waals surface area contributed by atoms with Crippen molar-refractivity contribution in [3.05, 3.63) is 69.8 Å². The molecule has 3 amide bonds. The van der Waals surface area contributed by atoms with Crippen molar-refractivity contribution in [1.82, 2.24) is 14.7 Å². The van der Waals surface area contributed by atoms with Crippen molar-refractivity contribution in [3.8, 4) is 5.75 Å². The minimum absolute atomic E-state index is 0.0270. The molecule has 2 heterocycles. The van der Waals surface area contributed by atoms with Crippen molar-refractivity contribution in [3.63, 3.8) is 0 Å². The van der Waals surface area contributed by atoms with E-state index in [-0.39, 0.29) is 30.0 Å². The van der Waals surface area contributed by atoms with Crippen molar-refractivity contribution in [2.45, 2.75) is 30.1 Å². The molecule has 2 saturated heterocycles. The number of amides is 3. The van der Waals surface area contributed by atoms with Crippen molar-refractivity contribution < 1.29 is 28.8 Å². The smallest absolute Gasteiger partial charge is 0.410 e. The van der Waals surface area contributed by atoms with Crippen LogP contribution in [0.3, 0.4) is 0 Å². The van der Waals surface area contributed by atoms with Crippen LogP contribution in [0.1, 0.15) is 17.5 Å². The van der Waals surface area contributed by atoms with Crippen LogP contribution >= 0.6 is 11.8 Å². The van der Waals surface area contributed by atoms with Gasteiger partial charge >= 0.3 is 6.09 Å². The number of carbonyl (C=O) groups excluding carboxylic acids is 3. The first-order valence-electron chi connectivity index (χ1n) is 12.9. The Morgan fingerprint density at radius 2 is 1.68 bits per heavy atom. The number of rotatable bonds is 10. The quantitative estimate of drug-likeness (QED) is 0.335. The van der Waals surface area contributed by atoms with E-state index >= 15 is 0 Å². The van der Waals surface area contributed by atoms with Crippen LogP contribution in [-0.2, 0) is 26.7 Å². The van der Waals surface area contributed by atoms with Gasteiger partial charge in [-0.3, -0.25) is 29.5 Å². The highest BCUT2D eigenvalue weighted by Gasteiger charge is 2.42. The molecule has 2 aromatic carbocycles. The van der Waals surface area contributed by atoms with Gasteiger partial charge in [0.05, 0.1) is 18.6 Å². The van der Waals surface area contributed by atoms with Crippen LogP contribution in [-0.4, -0.2) is 95.2 Å². The van der Waals surface area contributed by atoms with Crippen molar-refractivity contribution in [2.75, 3.05) is 46.4 Å². The highest BCUT2D eigenvalue weighted by Crippen LogP contribution is 2.32. The Labute approximate surface area is 236 Å². The predicted molar refractivity (Wildman–Crippen MR) is 149 cm³/mol. The summed E-state index contributed by atoms with van der Waals surface area (Å²) in [4.78, 5) is 53.6. The Bertz CT molecular complexity index is 1200. The number of benzene rings is 2. The summed E-state index contributed by atoms with van der Waals surface area (Å²) >= 11 is 1.68. The lowest BCUT2D eigenvalue weighted by Gasteiger charge is -2.36. The largest absolute Gasteiger partial charge is 0.497 e. The second kappa shape index (κ2) is 13.5. The van der Waals surface area contributed by atoms with Crippen LogP contribution in [0.5, 0.6) is 5.75 Å². The summed E-state index contributed by atoms with van der Waals surface area (Å²) in [6.45, 7) is 2.39. The fourth-order valence-electron chi connectivity index (χ4n) is 4.79. The summed E-state index contributed by atoms with van der Waals surface area (Å²) in [6, 6.07) is 12.9. The average Bonchev–Trinajstić information content (AvgIpc) is 3.39. The lowest BCUT2D eigenvalue weighted by Crippen LogP contribution is -2.55. The molecule has 0 bridgehead atoms. The molecular formula is C27H33N5O7S. The molecule has 0 aliphatic carbocycles. The SMILES string of the molecule is COc1ccc(CS[C@H]2C[C@@H](C(=O)N3CCN(CC(N)=O)CC3)N(C(=O)OCc3ccc([N+](=O)[O-])cc3)C2)cc1. The van der Waals surface area contributed by atoms with Gasteiger partial charge in [-0.15, -0.1) is 0 Å². The van der Waals surface area contributed by atoms with Crippen LogP contribution in [0.4, 0.5) is 10.5 Å². The van der Waals surface area contributed by atoms with E-state index in [1.54, 1.807) is 23.8 Å². The first-order valence-corrected chi connectivity index (χ1v) is 14.0. The van der Waals surface area contributed by atoms with Gasteiger partial charge in [0.25, 0.3) is 5.69 Å². The molecule has 0 saturated carbocycles. The van der Waals surface area contributed by atoms with Gasteiger partial charge in [-0.05, 0) is 41.8 Å². The molecule has 13 heteroatoms. The van der Waals surface area contributed by atoms with Gasteiger partial charge in [-0.2, -0.15) is 11.8 Å². The highest BCUT2D eigenvalue weighted by atomic mass is 32.2. The summed E-state index contributed by atoms with van der Waals surface area (Å²) in [5, 5.41) is 10.9. The van der Waals surface area contributed by atoms with E-state index in [0.29, 0.717) is 50.5 Å². The molecular weight excluding hydrogens is 538 g/mol. The first-order chi connectivity index (χ1) is 19.2. The number of non-ortho nitro benzene ring substituents is 1. The van der Waals surface area contributed by atoms with Crippen LogP contribution in [0.15, 0.2) is 48.5 Å². The second-order valence-corrected chi connectivity index (χ2v) is 11.0. The number of nitro groups is 1. The van der Waals surface area contributed by atoms with Crippen molar-refractivity contribution >= 4 is 35.4 Å². The average molecular weight is 572 g/mol. The number of likely N-dealkylation sites (tertiary alicyclic amines) is 1. The van der Waals surface area contributed by atoms with E-state index in [2.05, 4.69) is 0 Å². The van der Waals surface area contributed by atoms with Crippen molar-refractivity contribution in [2.24, 2.45) is 5.73 Å². The highest BCUT2D eigenvalue weighted by molar-refractivity contribution is 7.99. The van der Waals surface area contributed by atoms with Gasteiger partial charge in [0.15, 0.2) is 0 Å². The molecule has 2 aromatic rings. The predicted octanol–water partition coefficient (Wildman–Crippen LogP) is 2.25. The van der Waals surface area contributed by atoms with E-state index in [1.165, 1.54) is 29.2 Å². The molecule has 0 spiro atoms. The number of primary amides is 1. The minimum Gasteiger partial charge on any atom is -0.497 e. The maximum atomic E-state index is 13.6. The molecule has 0 unspecified atom stereocenters. The van der Waals surface area contributed by atoms with E-state index in [4.69, 9.17) is 15.2 Å². The monoisotopic (exact) mass is 571 g/mol. The zero-order valence-corrected chi connectivity index (χ0v) is 23.1. The minimum atomic E-state index is -0.666. The Morgan fingerprint density at radius 3 is 2.27 bits per heavy atom. The molecule has 0 radical (unpaired) electrons. The molecule has 2 atom stereocenters. The van der Waals surface area contributed by atoms with Gasteiger partial charge in [0, 0.05) is 55.9 Å². The summed E-state index contributed by atoms with van der Waals surface area (Å²) in [7, 11) is 1.62. The van der Waals surface area contributed by atoms with Crippen LogP contribution in [0.25, 0.3) is 0 Å². The summed E-state index contributed by atoms with van der Waals surface area (Å²) in [5.74, 6) is 0.943. The van der Waals surface area contributed by atoms with E-state index in [0.717, 1.165) is 11.3 Å². The van der Waals surface area contributed by atoms with E-state index in [9.17, 15) is 24.5 Å². The number of ether oxygens (including phenoxy) is 2. The third-order valence-electron chi connectivity index (χ3n) is 7.00. The molecule has 2 aliphatic rings. The number of nitrogens with two attached hydrogens (primary N) is 1. The molecule has 0 aromatic heterocycles. The number of nitro benzene ring substituents is 1. The Hall–Kier alpha value is -3.84. The first kappa shape index (κ1) is 29.2. The topological polar surface area (TPSA) is 149 Å². The number of hydrogen-bond acceptors (Lipinski definition) is 9. The van der Waals surface area contributed by atoms with Crippen LogP contribution < -0.4 is 10.5 Å². The van der Waals surface area contributed by atoms with Gasteiger partial charge in [-0.25, -0.2) is 4.79 Å². The lowest BCUT2D eigenvalue weighted by molar-refractivity contribution is -0.384. The molecule has 40 heavy (non-hydrogen) atoms. The molecule has 2 N–H and O–H groups in total. The fourth-order valence-corrected chi connectivity index (χ4v) is 5.99. The summed E-state index contributed by atoms with van der Waals surface area (Å²) in [5.41, 5.74) is 6.97. The van der Waals surface area contributed by atoms with Crippen molar-refractivity contribution in [1.29, 1.82) is 0 Å². The van der Waals surface area contributed by atoms with Gasteiger partial charge in [0.2, 0.25) is 11.8 Å². The third-order valence-corrected chi connectivity index (χ3v) is 8.31. The van der Waals surface area contributed by atoms with Gasteiger partial charge in [0.1, 0.15) is 18.4 Å². The summed E-state index contributed by atoms with van der Waals surface area (Å²) in [6.07, 6.45) is -0.107. The number of hydrogen-bond donors (Lipinski definition) is 1. The summed E-state index contributed by atoms with van der Waals surface area (Å²) < 4.78 is 10.8. The fraction of sp³-hybridized carbons (Fsp3) is 0.444. The number of nitrogens with zero attached hydrogens (tertiary/aromatic N) is 4. The number of thioether (sulfide) groups is 1. The third kappa shape index (κ3) is 7.63. The Morgan fingerprint density at radius 1 is 1.02 bits per heavy atom. The Kier molecular flexibility index (Phi) is 9.83. The van der Waals surface area contributed by atoms with Gasteiger partial charge in [-0.1, -0.05) is 12.1 Å². The molecule has 2 fully saturated rings. The maximum absolute atomic E-state index is 13.6. The number of piperazine rings is 1. The standard InChI is InChI=1S/C27H33N5O7S/c1-38-22-8-4-20(5-9-22)18-40-23-14-24(26(34)30-12-10-29(11-13-30)16-25(28)33)31(15-23)27(35)39-17-19-2-6-21(7-3-19)32(36)37/h2-9,23-24H,10-18H2,1H3,(H2,28,33)/t23-,24-/m0/s1. The molecule has 12 nitrogen and oxygen atoms in total. The van der Waals surface area contributed by atoms with E-state index in [1.807, 2.05) is 29.2 Å². The number of methoxy groups -OCH3 is 1. The molecule has 4 rings (SSSR count). The second-order valence-electron chi connectivity index (χ2n) is 9.73. The molecule has 2 aliphatic heterocycles.